The van der Waals surface area contributed by atoms with Gasteiger partial charge in [-0.15, -0.1) is 0 Å². The van der Waals surface area contributed by atoms with E-state index in [0.29, 0.717) is 0 Å². The molecule has 18 heavy (non-hydrogen) atoms. The van der Waals surface area contributed by atoms with E-state index in [2.05, 4.69) is 4.98 Å². The Hall–Kier alpha value is -1.74. The molecule has 0 aliphatic heterocycles. The van der Waals surface area contributed by atoms with Crippen molar-refractivity contribution in [2.24, 2.45) is 0 Å². The van der Waals surface area contributed by atoms with Gasteiger partial charge in [-0.3, -0.25) is 4.98 Å². The van der Waals surface area contributed by atoms with E-state index in [1.165, 1.54) is 12.1 Å². The van der Waals surface area contributed by atoms with E-state index in [9.17, 15) is 9.50 Å². The van der Waals surface area contributed by atoms with Crippen molar-refractivity contribution in [1.82, 2.24) is 4.98 Å². The van der Waals surface area contributed by atoms with Gasteiger partial charge in [0.15, 0.2) is 0 Å². The molecule has 0 radical (unpaired) electrons. The second-order valence-corrected chi connectivity index (χ2v) is 4.56. The molecule has 0 amide bonds. The van der Waals surface area contributed by atoms with Crippen LogP contribution in [0.1, 0.15) is 31.0 Å². The van der Waals surface area contributed by atoms with Crippen LogP contribution < -0.4 is 0 Å². The van der Waals surface area contributed by atoms with E-state index in [1.54, 1.807) is 12.1 Å². The van der Waals surface area contributed by atoms with Crippen molar-refractivity contribution in [3.05, 3.63) is 53.5 Å². The summed E-state index contributed by atoms with van der Waals surface area (Å²) in [4.78, 5) is 4.56. The van der Waals surface area contributed by atoms with E-state index >= 15 is 0 Å². The second-order valence-electron chi connectivity index (χ2n) is 4.56. The molecule has 0 fully saturated rings. The Morgan fingerprint density at radius 1 is 1.11 bits per heavy atom. The number of benzene rings is 1. The number of aromatic nitrogens is 1. The number of pyridine rings is 1. The average Bonchev–Trinajstić information content (AvgIpc) is 2.39. The smallest absolute Gasteiger partial charge is 0.123 e. The molecular weight excluding hydrogens is 229 g/mol. The lowest BCUT2D eigenvalue weighted by molar-refractivity contribution is 0.279. The first-order valence-electron chi connectivity index (χ1n) is 5.98. The largest absolute Gasteiger partial charge is 0.392 e. The summed E-state index contributed by atoms with van der Waals surface area (Å²) in [5.41, 5.74) is 3.41. The fourth-order valence-electron chi connectivity index (χ4n) is 1.92. The summed E-state index contributed by atoms with van der Waals surface area (Å²) < 4.78 is 12.9. The van der Waals surface area contributed by atoms with Crippen LogP contribution in [0.15, 0.2) is 36.4 Å². The van der Waals surface area contributed by atoms with Gasteiger partial charge in [-0.1, -0.05) is 19.9 Å². The number of aliphatic hydroxyl groups is 1. The molecule has 1 aromatic heterocycles. The lowest BCUT2D eigenvalue weighted by atomic mass is 10.0. The molecule has 2 rings (SSSR count). The van der Waals surface area contributed by atoms with Gasteiger partial charge in [0.1, 0.15) is 5.82 Å². The van der Waals surface area contributed by atoms with Crippen molar-refractivity contribution in [2.45, 2.75) is 26.4 Å². The third-order valence-electron chi connectivity index (χ3n) is 2.87. The Morgan fingerprint density at radius 2 is 1.78 bits per heavy atom. The van der Waals surface area contributed by atoms with Gasteiger partial charge < -0.3 is 5.11 Å². The minimum absolute atomic E-state index is 0.00971. The van der Waals surface area contributed by atoms with Crippen LogP contribution >= 0.6 is 0 Å². The first-order valence-corrected chi connectivity index (χ1v) is 5.98. The van der Waals surface area contributed by atoms with Crippen LogP contribution in [-0.2, 0) is 6.61 Å². The fraction of sp³-hybridized carbons (Fsp3) is 0.267. The predicted octanol–water partition coefficient (Wildman–Crippen LogP) is 3.50. The van der Waals surface area contributed by atoms with E-state index < -0.39 is 0 Å². The lowest BCUT2D eigenvalue weighted by Gasteiger charge is -2.12. The molecule has 0 saturated carbocycles. The monoisotopic (exact) mass is 245 g/mol. The third-order valence-corrected chi connectivity index (χ3v) is 2.87. The molecular formula is C15H16FNO. The number of hydrogen-bond acceptors (Lipinski definition) is 2. The highest BCUT2D eigenvalue weighted by Crippen LogP contribution is 2.23. The van der Waals surface area contributed by atoms with Crippen LogP contribution in [0.3, 0.4) is 0 Å². The SMILES string of the molecule is CC(C)c1nc(-c2ccc(F)cc2)ccc1CO. The van der Waals surface area contributed by atoms with Crippen molar-refractivity contribution >= 4 is 0 Å². The van der Waals surface area contributed by atoms with Gasteiger partial charge >= 0.3 is 0 Å². The van der Waals surface area contributed by atoms with Crippen LogP contribution in [0, 0.1) is 5.82 Å². The summed E-state index contributed by atoms with van der Waals surface area (Å²) in [6.45, 7) is 4.07. The second kappa shape index (κ2) is 5.27. The number of aliphatic hydroxyl groups excluding tert-OH is 1. The Balaban J connectivity index is 2.46. The van der Waals surface area contributed by atoms with E-state index in [0.717, 1.165) is 22.5 Å². The van der Waals surface area contributed by atoms with Crippen LogP contribution in [-0.4, -0.2) is 10.1 Å². The first kappa shape index (κ1) is 12.7. The van der Waals surface area contributed by atoms with Crippen molar-refractivity contribution < 1.29 is 9.50 Å². The van der Waals surface area contributed by atoms with E-state index in [-0.39, 0.29) is 18.3 Å². The average molecular weight is 245 g/mol. The molecule has 94 valence electrons. The number of halogens is 1. The van der Waals surface area contributed by atoms with E-state index in [4.69, 9.17) is 0 Å². The summed E-state index contributed by atoms with van der Waals surface area (Å²) in [5.74, 6) is -0.0117. The molecule has 0 aliphatic carbocycles. The molecule has 1 N–H and O–H groups in total. The minimum Gasteiger partial charge on any atom is -0.392 e. The number of rotatable bonds is 3. The predicted molar refractivity (Wildman–Crippen MR) is 69.6 cm³/mol. The van der Waals surface area contributed by atoms with Crippen molar-refractivity contribution in [3.8, 4) is 11.3 Å². The molecule has 0 atom stereocenters. The van der Waals surface area contributed by atoms with Crippen LogP contribution in [0.2, 0.25) is 0 Å². The molecule has 0 spiro atoms. The normalized spacial score (nSPS) is 10.9. The first-order chi connectivity index (χ1) is 8.61. The topological polar surface area (TPSA) is 33.1 Å². The maximum atomic E-state index is 12.9. The zero-order valence-electron chi connectivity index (χ0n) is 10.5. The zero-order valence-corrected chi connectivity index (χ0v) is 10.5. The highest BCUT2D eigenvalue weighted by atomic mass is 19.1. The Bertz CT molecular complexity index is 535. The van der Waals surface area contributed by atoms with Gasteiger partial charge in [0.25, 0.3) is 0 Å². The molecule has 2 aromatic rings. The zero-order chi connectivity index (χ0) is 13.1. The quantitative estimate of drug-likeness (QED) is 0.897. The van der Waals surface area contributed by atoms with Crippen LogP contribution in [0.5, 0.6) is 0 Å². The lowest BCUT2D eigenvalue weighted by Crippen LogP contribution is -2.01. The van der Waals surface area contributed by atoms with Gasteiger partial charge in [-0.05, 0) is 41.8 Å². The molecule has 0 unspecified atom stereocenters. The van der Waals surface area contributed by atoms with Crippen LogP contribution in [0.4, 0.5) is 4.39 Å². The maximum absolute atomic E-state index is 12.9. The van der Waals surface area contributed by atoms with Gasteiger partial charge in [0, 0.05) is 11.3 Å². The summed E-state index contributed by atoms with van der Waals surface area (Å²) in [7, 11) is 0. The summed E-state index contributed by atoms with van der Waals surface area (Å²) in [6.07, 6.45) is 0. The van der Waals surface area contributed by atoms with Gasteiger partial charge in [-0.25, -0.2) is 4.39 Å². The van der Waals surface area contributed by atoms with Crippen molar-refractivity contribution in [2.75, 3.05) is 0 Å². The number of nitrogens with zero attached hydrogens (tertiary/aromatic N) is 1. The molecule has 0 saturated heterocycles. The van der Waals surface area contributed by atoms with Gasteiger partial charge in [-0.2, -0.15) is 0 Å². The molecule has 2 nitrogen and oxygen atoms in total. The van der Waals surface area contributed by atoms with Crippen molar-refractivity contribution in [1.29, 1.82) is 0 Å². The summed E-state index contributed by atoms with van der Waals surface area (Å²) in [5, 5.41) is 9.28. The molecule has 0 aliphatic rings. The molecule has 1 aromatic carbocycles. The highest BCUT2D eigenvalue weighted by molar-refractivity contribution is 5.59. The Kier molecular flexibility index (Phi) is 3.72. The summed E-state index contributed by atoms with van der Waals surface area (Å²) in [6, 6.07) is 9.99. The standard InChI is InChI=1S/C15H16FNO/c1-10(2)15-12(9-18)5-8-14(17-15)11-3-6-13(16)7-4-11/h3-8,10,18H,9H2,1-2H3. The van der Waals surface area contributed by atoms with Gasteiger partial charge in [0.05, 0.1) is 12.3 Å². The number of hydrogen-bond donors (Lipinski definition) is 1. The molecule has 0 bridgehead atoms. The van der Waals surface area contributed by atoms with Crippen LogP contribution in [0.25, 0.3) is 11.3 Å². The highest BCUT2D eigenvalue weighted by Gasteiger charge is 2.10. The Morgan fingerprint density at radius 3 is 2.33 bits per heavy atom. The third kappa shape index (κ3) is 2.57. The Labute approximate surface area is 106 Å². The molecule has 1 heterocycles. The summed E-state index contributed by atoms with van der Waals surface area (Å²) >= 11 is 0. The van der Waals surface area contributed by atoms with Crippen molar-refractivity contribution in [3.63, 3.8) is 0 Å². The maximum Gasteiger partial charge on any atom is 0.123 e. The van der Waals surface area contributed by atoms with E-state index in [1.807, 2.05) is 26.0 Å². The van der Waals surface area contributed by atoms with Gasteiger partial charge in [0.2, 0.25) is 0 Å². The fourth-order valence-corrected chi connectivity index (χ4v) is 1.92. The minimum atomic E-state index is -0.255. The molecule has 3 heteroatoms.